The first-order chi connectivity index (χ1) is 9.65. The van der Waals surface area contributed by atoms with Crippen molar-refractivity contribution in [2.24, 2.45) is 0 Å². The van der Waals surface area contributed by atoms with Crippen molar-refractivity contribution in [2.75, 3.05) is 11.9 Å². The third kappa shape index (κ3) is 2.16. The van der Waals surface area contributed by atoms with Crippen LogP contribution in [0.4, 0.5) is 11.5 Å². The van der Waals surface area contributed by atoms with Crippen LogP contribution in [0.3, 0.4) is 0 Å². The molecular weight excluding hydrogens is 258 g/mol. The summed E-state index contributed by atoms with van der Waals surface area (Å²) in [6.07, 6.45) is 1.50. The van der Waals surface area contributed by atoms with E-state index in [1.807, 2.05) is 24.3 Å². The minimum absolute atomic E-state index is 0.0407. The largest absolute Gasteiger partial charge is 0.491 e. The Morgan fingerprint density at radius 2 is 2.25 bits per heavy atom. The second-order valence-electron chi connectivity index (χ2n) is 4.66. The molecule has 20 heavy (non-hydrogen) atoms. The predicted molar refractivity (Wildman–Crippen MR) is 73.9 cm³/mol. The van der Waals surface area contributed by atoms with Crippen molar-refractivity contribution in [3.8, 4) is 5.75 Å². The van der Waals surface area contributed by atoms with Crippen LogP contribution < -0.4 is 10.1 Å². The summed E-state index contributed by atoms with van der Waals surface area (Å²) < 4.78 is 5.56. The van der Waals surface area contributed by atoms with Gasteiger partial charge in [0, 0.05) is 17.3 Å². The smallest absolute Gasteiger partial charge is 0.277 e. The number of nitrogens with one attached hydrogen (secondary N) is 1. The van der Waals surface area contributed by atoms with E-state index in [9.17, 15) is 10.1 Å². The first kappa shape index (κ1) is 12.4. The van der Waals surface area contributed by atoms with Crippen LogP contribution in [0, 0.1) is 17.0 Å². The summed E-state index contributed by atoms with van der Waals surface area (Å²) in [4.78, 5) is 14.7. The quantitative estimate of drug-likeness (QED) is 0.686. The molecule has 0 saturated heterocycles. The number of hydrogen-bond donors (Lipinski definition) is 1. The summed E-state index contributed by atoms with van der Waals surface area (Å²) in [5, 5.41) is 14.1. The van der Waals surface area contributed by atoms with Gasteiger partial charge in [0.1, 0.15) is 18.2 Å². The molecule has 0 saturated carbocycles. The van der Waals surface area contributed by atoms with Gasteiger partial charge in [0.15, 0.2) is 0 Å². The predicted octanol–water partition coefficient (Wildman–Crippen LogP) is 2.84. The number of benzene rings is 1. The van der Waals surface area contributed by atoms with Crippen LogP contribution in [0.2, 0.25) is 0 Å². The van der Waals surface area contributed by atoms with Gasteiger partial charge in [-0.25, -0.2) is 4.98 Å². The van der Waals surface area contributed by atoms with E-state index in [2.05, 4.69) is 10.3 Å². The van der Waals surface area contributed by atoms with Crippen LogP contribution in [0.1, 0.15) is 17.2 Å². The van der Waals surface area contributed by atoms with Gasteiger partial charge in [0.05, 0.1) is 17.0 Å². The molecule has 1 aromatic heterocycles. The van der Waals surface area contributed by atoms with Crippen molar-refractivity contribution in [3.63, 3.8) is 0 Å². The first-order valence-electron chi connectivity index (χ1n) is 6.24. The Hall–Kier alpha value is -2.63. The molecule has 102 valence electrons. The molecule has 1 aromatic carbocycles. The molecule has 6 heteroatoms. The Labute approximate surface area is 115 Å². The molecule has 0 fully saturated rings. The highest BCUT2D eigenvalue weighted by atomic mass is 16.6. The fourth-order valence-electron chi connectivity index (χ4n) is 2.25. The Morgan fingerprint density at radius 3 is 3.05 bits per heavy atom. The highest BCUT2D eigenvalue weighted by molar-refractivity contribution is 5.52. The lowest BCUT2D eigenvalue weighted by atomic mass is 10.1. The molecule has 3 rings (SSSR count). The summed E-state index contributed by atoms with van der Waals surface area (Å²) in [5.41, 5.74) is 1.65. The van der Waals surface area contributed by atoms with E-state index in [-0.39, 0.29) is 11.7 Å². The summed E-state index contributed by atoms with van der Waals surface area (Å²) in [6.45, 7) is 2.16. The van der Waals surface area contributed by atoms with Gasteiger partial charge in [0.2, 0.25) is 0 Å². The minimum Gasteiger partial charge on any atom is -0.491 e. The number of pyridine rings is 1. The van der Waals surface area contributed by atoms with Gasteiger partial charge in [-0.05, 0) is 13.0 Å². The molecule has 0 amide bonds. The van der Waals surface area contributed by atoms with Crippen LogP contribution in [0.25, 0.3) is 0 Å². The number of aromatic nitrogens is 1. The number of aryl methyl sites for hydroxylation is 1. The van der Waals surface area contributed by atoms with Crippen molar-refractivity contribution in [3.05, 3.63) is 57.8 Å². The van der Waals surface area contributed by atoms with Gasteiger partial charge in [-0.2, -0.15) is 0 Å². The minimum atomic E-state index is -0.402. The van der Waals surface area contributed by atoms with E-state index >= 15 is 0 Å². The average Bonchev–Trinajstić information content (AvgIpc) is 2.84. The molecule has 0 spiro atoms. The Morgan fingerprint density at radius 1 is 1.45 bits per heavy atom. The van der Waals surface area contributed by atoms with E-state index in [1.165, 1.54) is 12.3 Å². The number of ether oxygens (including phenoxy) is 1. The van der Waals surface area contributed by atoms with Crippen LogP contribution >= 0.6 is 0 Å². The van der Waals surface area contributed by atoms with E-state index in [0.717, 1.165) is 11.3 Å². The summed E-state index contributed by atoms with van der Waals surface area (Å²) in [5.74, 6) is 1.32. The van der Waals surface area contributed by atoms with Crippen molar-refractivity contribution in [2.45, 2.75) is 13.0 Å². The summed E-state index contributed by atoms with van der Waals surface area (Å²) >= 11 is 0. The molecule has 6 nitrogen and oxygen atoms in total. The Bertz CT molecular complexity index is 672. The molecule has 0 bridgehead atoms. The maximum Gasteiger partial charge on any atom is 0.277 e. The van der Waals surface area contributed by atoms with E-state index in [0.29, 0.717) is 18.0 Å². The van der Waals surface area contributed by atoms with Gasteiger partial charge >= 0.3 is 0 Å². The molecule has 0 aliphatic carbocycles. The Balaban J connectivity index is 1.86. The summed E-state index contributed by atoms with van der Waals surface area (Å²) in [7, 11) is 0. The molecule has 1 N–H and O–H groups in total. The highest BCUT2D eigenvalue weighted by Gasteiger charge is 2.24. The van der Waals surface area contributed by atoms with Gasteiger partial charge in [-0.15, -0.1) is 0 Å². The fraction of sp³-hybridized carbons (Fsp3) is 0.214. The second kappa shape index (κ2) is 4.80. The lowest BCUT2D eigenvalue weighted by Crippen LogP contribution is -2.13. The first-order valence-corrected chi connectivity index (χ1v) is 6.24. The number of nitrogens with zero attached hydrogens (tertiary/aromatic N) is 2. The van der Waals surface area contributed by atoms with Gasteiger partial charge < -0.3 is 10.1 Å². The zero-order chi connectivity index (χ0) is 14.1. The van der Waals surface area contributed by atoms with Crippen LogP contribution in [0.5, 0.6) is 5.75 Å². The normalized spacial score (nSPS) is 16.4. The van der Waals surface area contributed by atoms with Crippen molar-refractivity contribution < 1.29 is 9.66 Å². The van der Waals surface area contributed by atoms with Gasteiger partial charge in [-0.1, -0.05) is 18.2 Å². The second-order valence-corrected chi connectivity index (χ2v) is 4.66. The SMILES string of the molecule is Cc1cnc(NC2COc3ccccc32)cc1[N+](=O)[O-]. The van der Waals surface area contributed by atoms with E-state index < -0.39 is 4.92 Å². The topological polar surface area (TPSA) is 77.3 Å². The van der Waals surface area contributed by atoms with E-state index in [4.69, 9.17) is 4.74 Å². The van der Waals surface area contributed by atoms with E-state index in [1.54, 1.807) is 6.92 Å². The number of fused-ring (bicyclic) bond motifs is 1. The van der Waals surface area contributed by atoms with Crippen LogP contribution in [-0.2, 0) is 0 Å². The number of rotatable bonds is 3. The molecule has 1 unspecified atom stereocenters. The lowest BCUT2D eigenvalue weighted by Gasteiger charge is -2.12. The molecule has 1 aliphatic heterocycles. The maximum atomic E-state index is 10.9. The van der Waals surface area contributed by atoms with Crippen LogP contribution in [0.15, 0.2) is 36.5 Å². The van der Waals surface area contributed by atoms with Gasteiger partial charge in [0.25, 0.3) is 5.69 Å². The number of anilines is 1. The van der Waals surface area contributed by atoms with Crippen LogP contribution in [-0.4, -0.2) is 16.5 Å². The lowest BCUT2D eigenvalue weighted by molar-refractivity contribution is -0.385. The maximum absolute atomic E-state index is 10.9. The number of nitro groups is 1. The molecular formula is C14H13N3O3. The molecule has 1 aliphatic rings. The molecule has 0 radical (unpaired) electrons. The summed E-state index contributed by atoms with van der Waals surface area (Å²) in [6, 6.07) is 9.14. The third-order valence-corrected chi connectivity index (χ3v) is 3.29. The third-order valence-electron chi connectivity index (χ3n) is 3.29. The van der Waals surface area contributed by atoms with Crippen molar-refractivity contribution in [1.82, 2.24) is 4.98 Å². The number of hydrogen-bond acceptors (Lipinski definition) is 5. The number of para-hydroxylation sites is 1. The Kier molecular flexibility index (Phi) is 2.98. The average molecular weight is 271 g/mol. The molecule has 2 heterocycles. The van der Waals surface area contributed by atoms with Crippen molar-refractivity contribution >= 4 is 11.5 Å². The zero-order valence-corrected chi connectivity index (χ0v) is 10.9. The fourth-order valence-corrected chi connectivity index (χ4v) is 2.25. The van der Waals surface area contributed by atoms with Crippen molar-refractivity contribution in [1.29, 1.82) is 0 Å². The molecule has 1 atom stereocenters. The molecule has 2 aromatic rings. The monoisotopic (exact) mass is 271 g/mol. The highest BCUT2D eigenvalue weighted by Crippen LogP contribution is 2.34. The van der Waals surface area contributed by atoms with Gasteiger partial charge in [-0.3, -0.25) is 10.1 Å². The standard InChI is InChI=1S/C14H13N3O3/c1-9-7-15-14(6-12(9)17(18)19)16-11-8-20-13-5-3-2-4-10(11)13/h2-7,11H,8H2,1H3,(H,15,16). The zero-order valence-electron chi connectivity index (χ0n) is 10.9.